The molecule has 0 saturated carbocycles. The molecule has 0 N–H and O–H groups in total. The third-order valence-corrected chi connectivity index (χ3v) is 6.96. The van der Waals surface area contributed by atoms with Gasteiger partial charge >= 0.3 is 5.97 Å². The van der Waals surface area contributed by atoms with Gasteiger partial charge in [-0.25, -0.2) is 4.79 Å². The summed E-state index contributed by atoms with van der Waals surface area (Å²) in [6.07, 6.45) is 5.02. The Labute approximate surface area is 194 Å². The number of aryl methyl sites for hydroxylation is 1. The second-order valence-corrected chi connectivity index (χ2v) is 9.34. The van der Waals surface area contributed by atoms with Crippen LogP contribution in [0.5, 0.6) is 0 Å². The number of halogens is 1. The zero-order valence-electron chi connectivity index (χ0n) is 18.2. The minimum absolute atomic E-state index is 0.158. The Kier molecular flexibility index (Phi) is 8.85. The Morgan fingerprint density at radius 1 is 1.10 bits per heavy atom. The van der Waals surface area contributed by atoms with Crippen molar-refractivity contribution in [3.63, 3.8) is 0 Å². The van der Waals surface area contributed by atoms with E-state index in [0.717, 1.165) is 37.7 Å². The van der Waals surface area contributed by atoms with Crippen LogP contribution in [0.3, 0.4) is 0 Å². The lowest BCUT2D eigenvalue weighted by molar-refractivity contribution is -0.148. The summed E-state index contributed by atoms with van der Waals surface area (Å²) in [6.45, 7) is 4.60. The Morgan fingerprint density at radius 3 is 2.52 bits per heavy atom. The molecule has 31 heavy (non-hydrogen) atoms. The molecule has 3 rings (SSSR count). The number of carbonyl (C=O) groups excluding carboxylic acids is 2. The molecule has 0 radical (unpaired) electrons. The van der Waals surface area contributed by atoms with Gasteiger partial charge in [0.15, 0.2) is 0 Å². The zero-order chi connectivity index (χ0) is 22.2. The van der Waals surface area contributed by atoms with E-state index in [4.69, 9.17) is 16.3 Å². The van der Waals surface area contributed by atoms with Crippen molar-refractivity contribution >= 4 is 35.2 Å². The van der Waals surface area contributed by atoms with Crippen LogP contribution in [-0.2, 0) is 16.0 Å². The lowest BCUT2D eigenvalue weighted by Crippen LogP contribution is -2.44. The molecule has 1 aliphatic rings. The largest absolute Gasteiger partial charge is 0.464 e. The van der Waals surface area contributed by atoms with Gasteiger partial charge in [0.1, 0.15) is 11.4 Å². The predicted octanol–water partition coefficient (Wildman–Crippen LogP) is 6.28. The van der Waals surface area contributed by atoms with Gasteiger partial charge in [0.2, 0.25) is 0 Å². The standard InChI is InChI=1S/C25H30ClNO3S/c1-3-5-8-18-11-13-19(14-12-18)23(28)27-22(25(29)30-15-6-4-2)17-31-24(27)20-9-7-10-21(26)16-20/h7,9-14,16,22,24H,3-6,8,15,17H2,1-2H3. The van der Waals surface area contributed by atoms with E-state index < -0.39 is 6.04 Å². The van der Waals surface area contributed by atoms with Crippen molar-refractivity contribution in [2.45, 2.75) is 57.4 Å². The number of rotatable bonds is 9. The van der Waals surface area contributed by atoms with Crippen molar-refractivity contribution in [3.05, 3.63) is 70.2 Å². The number of thioether (sulfide) groups is 1. The first-order valence-corrected chi connectivity index (χ1v) is 12.4. The van der Waals surface area contributed by atoms with Gasteiger partial charge in [0.05, 0.1) is 6.61 Å². The number of unbranched alkanes of at least 4 members (excludes halogenated alkanes) is 2. The molecule has 1 aliphatic heterocycles. The lowest BCUT2D eigenvalue weighted by Gasteiger charge is -2.29. The molecule has 1 heterocycles. The van der Waals surface area contributed by atoms with Crippen LogP contribution in [0.25, 0.3) is 0 Å². The Bertz CT molecular complexity index is 887. The maximum absolute atomic E-state index is 13.6. The van der Waals surface area contributed by atoms with Crippen LogP contribution in [-0.4, -0.2) is 35.2 Å². The average Bonchev–Trinajstić information content (AvgIpc) is 3.23. The molecule has 1 saturated heterocycles. The first kappa shape index (κ1) is 23.7. The first-order valence-electron chi connectivity index (χ1n) is 11.0. The van der Waals surface area contributed by atoms with E-state index in [1.54, 1.807) is 16.7 Å². The first-order chi connectivity index (χ1) is 15.0. The molecule has 2 aromatic carbocycles. The van der Waals surface area contributed by atoms with Gasteiger partial charge in [0, 0.05) is 16.3 Å². The number of esters is 1. The van der Waals surface area contributed by atoms with E-state index in [9.17, 15) is 9.59 Å². The third kappa shape index (κ3) is 6.05. The lowest BCUT2D eigenvalue weighted by atomic mass is 10.0. The topological polar surface area (TPSA) is 46.6 Å². The van der Waals surface area contributed by atoms with Crippen molar-refractivity contribution in [2.75, 3.05) is 12.4 Å². The number of ether oxygens (including phenoxy) is 1. The van der Waals surface area contributed by atoms with Crippen LogP contribution in [0.1, 0.15) is 66.4 Å². The molecular formula is C25H30ClNO3S. The van der Waals surface area contributed by atoms with Gasteiger partial charge in [-0.2, -0.15) is 0 Å². The van der Waals surface area contributed by atoms with Gasteiger partial charge < -0.3 is 9.64 Å². The maximum Gasteiger partial charge on any atom is 0.329 e. The molecule has 4 nitrogen and oxygen atoms in total. The van der Waals surface area contributed by atoms with Crippen molar-refractivity contribution in [1.29, 1.82) is 0 Å². The summed E-state index contributed by atoms with van der Waals surface area (Å²) in [7, 11) is 0. The van der Waals surface area contributed by atoms with E-state index in [-0.39, 0.29) is 17.3 Å². The normalized spacial score (nSPS) is 18.2. The highest BCUT2D eigenvalue weighted by Gasteiger charge is 2.43. The monoisotopic (exact) mass is 459 g/mol. The van der Waals surface area contributed by atoms with Gasteiger partial charge in [-0.15, -0.1) is 11.8 Å². The molecule has 1 amide bonds. The van der Waals surface area contributed by atoms with Gasteiger partial charge in [0.25, 0.3) is 5.91 Å². The van der Waals surface area contributed by atoms with Crippen molar-refractivity contribution in [3.8, 4) is 0 Å². The molecule has 0 bridgehead atoms. The minimum atomic E-state index is -0.613. The van der Waals surface area contributed by atoms with Crippen LogP contribution >= 0.6 is 23.4 Å². The fourth-order valence-corrected chi connectivity index (χ4v) is 5.21. The number of amides is 1. The van der Waals surface area contributed by atoms with E-state index in [1.165, 1.54) is 5.56 Å². The summed E-state index contributed by atoms with van der Waals surface area (Å²) in [4.78, 5) is 28.1. The van der Waals surface area contributed by atoms with Gasteiger partial charge in [-0.1, -0.05) is 62.6 Å². The summed E-state index contributed by atoms with van der Waals surface area (Å²) in [6, 6.07) is 14.6. The molecule has 0 spiro atoms. The smallest absolute Gasteiger partial charge is 0.329 e. The summed E-state index contributed by atoms with van der Waals surface area (Å²) >= 11 is 7.78. The van der Waals surface area contributed by atoms with Crippen molar-refractivity contribution in [1.82, 2.24) is 4.90 Å². The van der Waals surface area contributed by atoms with E-state index >= 15 is 0 Å². The molecule has 1 fully saturated rings. The van der Waals surface area contributed by atoms with E-state index in [2.05, 4.69) is 13.8 Å². The SMILES string of the molecule is CCCCOC(=O)C1CSC(c2cccc(Cl)c2)N1C(=O)c1ccc(CCCC)cc1. The number of hydrogen-bond acceptors (Lipinski definition) is 4. The molecule has 0 aromatic heterocycles. The summed E-state index contributed by atoms with van der Waals surface area (Å²) in [5, 5.41) is 0.328. The summed E-state index contributed by atoms with van der Waals surface area (Å²) in [5.41, 5.74) is 2.71. The Balaban J connectivity index is 1.86. The number of benzene rings is 2. The van der Waals surface area contributed by atoms with Crippen LogP contribution < -0.4 is 0 Å². The molecule has 6 heteroatoms. The highest BCUT2D eigenvalue weighted by Crippen LogP contribution is 2.43. The highest BCUT2D eigenvalue weighted by molar-refractivity contribution is 7.99. The Hall–Kier alpha value is -1.98. The number of carbonyl (C=O) groups is 2. The number of hydrogen-bond donors (Lipinski definition) is 0. The van der Waals surface area contributed by atoms with Crippen LogP contribution in [0.15, 0.2) is 48.5 Å². The van der Waals surface area contributed by atoms with E-state index in [1.807, 2.05) is 48.5 Å². The third-order valence-electron chi connectivity index (χ3n) is 5.40. The molecule has 0 aliphatic carbocycles. The predicted molar refractivity (Wildman–Crippen MR) is 128 cm³/mol. The number of nitrogens with zero attached hydrogens (tertiary/aromatic N) is 1. The quantitative estimate of drug-likeness (QED) is 0.327. The molecular weight excluding hydrogens is 430 g/mol. The second kappa shape index (κ2) is 11.6. The van der Waals surface area contributed by atoms with Crippen LogP contribution in [0.2, 0.25) is 5.02 Å². The summed E-state index contributed by atoms with van der Waals surface area (Å²) < 4.78 is 5.48. The molecule has 2 aromatic rings. The van der Waals surface area contributed by atoms with Crippen molar-refractivity contribution in [2.24, 2.45) is 0 Å². The maximum atomic E-state index is 13.6. The minimum Gasteiger partial charge on any atom is -0.464 e. The molecule has 2 atom stereocenters. The van der Waals surface area contributed by atoms with Crippen LogP contribution in [0, 0.1) is 0 Å². The van der Waals surface area contributed by atoms with E-state index in [0.29, 0.717) is 22.9 Å². The van der Waals surface area contributed by atoms with Crippen LogP contribution in [0.4, 0.5) is 0 Å². The fraction of sp³-hybridized carbons (Fsp3) is 0.440. The fourth-order valence-electron chi connectivity index (χ4n) is 3.61. The van der Waals surface area contributed by atoms with Gasteiger partial charge in [-0.05, 0) is 54.7 Å². The molecule has 2 unspecified atom stereocenters. The summed E-state index contributed by atoms with van der Waals surface area (Å²) in [5.74, 6) is 0.00971. The highest BCUT2D eigenvalue weighted by atomic mass is 35.5. The average molecular weight is 460 g/mol. The van der Waals surface area contributed by atoms with Crippen molar-refractivity contribution < 1.29 is 14.3 Å². The molecule has 166 valence electrons. The zero-order valence-corrected chi connectivity index (χ0v) is 19.8. The van der Waals surface area contributed by atoms with Gasteiger partial charge in [-0.3, -0.25) is 4.79 Å². The second-order valence-electron chi connectivity index (χ2n) is 7.79. The Morgan fingerprint density at radius 2 is 1.84 bits per heavy atom.